The maximum absolute atomic E-state index is 13.4. The lowest BCUT2D eigenvalue weighted by Crippen LogP contribution is -2.44. The van der Waals surface area contributed by atoms with Gasteiger partial charge >= 0.3 is 0 Å². The van der Waals surface area contributed by atoms with Gasteiger partial charge < -0.3 is 4.74 Å². The van der Waals surface area contributed by atoms with Gasteiger partial charge in [-0.1, -0.05) is 13.0 Å². The number of nitrogens with zero attached hydrogens (tertiary/aromatic N) is 1. The summed E-state index contributed by atoms with van der Waals surface area (Å²) in [6.07, 6.45) is 4.66. The van der Waals surface area contributed by atoms with E-state index in [2.05, 4.69) is 11.4 Å². The minimum Gasteiger partial charge on any atom is -0.493 e. The summed E-state index contributed by atoms with van der Waals surface area (Å²) in [5.41, 5.74) is 0.175. The van der Waals surface area contributed by atoms with Gasteiger partial charge in [0.1, 0.15) is 17.1 Å². The third-order valence-corrected chi connectivity index (χ3v) is 4.04. The van der Waals surface area contributed by atoms with E-state index in [1.807, 2.05) is 6.92 Å². The smallest absolute Gasteiger partial charge is 0.129 e. The molecule has 3 nitrogen and oxygen atoms in total. The normalized spacial score (nSPS) is 17.0. The molecule has 1 aliphatic carbocycles. The van der Waals surface area contributed by atoms with Gasteiger partial charge in [0.05, 0.1) is 12.7 Å². The van der Waals surface area contributed by atoms with Gasteiger partial charge in [-0.05, 0) is 50.7 Å². The molecule has 4 heteroatoms. The second-order valence-corrected chi connectivity index (χ2v) is 5.83. The second kappa shape index (κ2) is 6.91. The Morgan fingerprint density at radius 3 is 2.81 bits per heavy atom. The highest BCUT2D eigenvalue weighted by Gasteiger charge is 2.34. The van der Waals surface area contributed by atoms with Crippen LogP contribution in [0.3, 0.4) is 0 Å². The van der Waals surface area contributed by atoms with Gasteiger partial charge in [-0.3, -0.25) is 5.32 Å². The molecule has 0 amide bonds. The van der Waals surface area contributed by atoms with Crippen LogP contribution in [0.2, 0.25) is 0 Å². The van der Waals surface area contributed by atoms with Crippen molar-refractivity contribution in [3.63, 3.8) is 0 Å². The zero-order valence-corrected chi connectivity index (χ0v) is 12.8. The minimum atomic E-state index is -0.441. The first-order chi connectivity index (χ1) is 10.1. The van der Waals surface area contributed by atoms with E-state index in [-0.39, 0.29) is 5.82 Å². The lowest BCUT2D eigenvalue weighted by Gasteiger charge is -2.26. The number of aryl methyl sites for hydroxylation is 1. The molecule has 0 aromatic heterocycles. The van der Waals surface area contributed by atoms with Gasteiger partial charge in [0.2, 0.25) is 0 Å². The van der Waals surface area contributed by atoms with Crippen molar-refractivity contribution in [2.24, 2.45) is 0 Å². The van der Waals surface area contributed by atoms with Crippen LogP contribution in [0.1, 0.15) is 44.6 Å². The number of hydrogen-bond donors (Lipinski definition) is 1. The first-order valence-corrected chi connectivity index (χ1v) is 7.66. The topological polar surface area (TPSA) is 45.0 Å². The molecular formula is C17H23FN2O. The Morgan fingerprint density at radius 2 is 2.24 bits per heavy atom. The fraction of sp³-hybridized carbons (Fsp3) is 0.588. The molecule has 0 saturated heterocycles. The first kappa shape index (κ1) is 15.8. The van der Waals surface area contributed by atoms with Crippen molar-refractivity contribution in [2.75, 3.05) is 6.61 Å². The quantitative estimate of drug-likeness (QED) is 0.742. The Hall–Kier alpha value is -1.60. The number of nitrogens with one attached hydrogen (secondary N) is 1. The van der Waals surface area contributed by atoms with Gasteiger partial charge in [0.25, 0.3) is 0 Å². The van der Waals surface area contributed by atoms with Crippen LogP contribution in [0, 0.1) is 24.1 Å². The Labute approximate surface area is 126 Å². The largest absolute Gasteiger partial charge is 0.493 e. The molecular weight excluding hydrogens is 267 g/mol. The third kappa shape index (κ3) is 4.44. The van der Waals surface area contributed by atoms with Crippen LogP contribution in [-0.4, -0.2) is 18.2 Å². The summed E-state index contributed by atoms with van der Waals surface area (Å²) in [6, 6.07) is 7.84. The van der Waals surface area contributed by atoms with E-state index in [1.165, 1.54) is 18.9 Å². The lowest BCUT2D eigenvalue weighted by atomic mass is 9.92. The number of rotatable bonds is 8. The molecule has 1 atom stereocenters. The van der Waals surface area contributed by atoms with E-state index in [4.69, 9.17) is 4.74 Å². The fourth-order valence-corrected chi connectivity index (χ4v) is 2.36. The highest BCUT2D eigenvalue weighted by Crippen LogP contribution is 2.26. The van der Waals surface area contributed by atoms with Crippen LogP contribution in [0.15, 0.2) is 18.2 Å². The summed E-state index contributed by atoms with van der Waals surface area (Å²) in [4.78, 5) is 0. The summed E-state index contributed by atoms with van der Waals surface area (Å²) in [5, 5.41) is 12.9. The molecule has 1 fully saturated rings. The number of benzene rings is 1. The van der Waals surface area contributed by atoms with E-state index in [0.717, 1.165) is 19.3 Å². The molecule has 1 N–H and O–H groups in total. The Kier molecular flexibility index (Phi) is 5.19. The molecule has 0 heterocycles. The molecule has 1 aromatic carbocycles. The minimum absolute atomic E-state index is 0.247. The summed E-state index contributed by atoms with van der Waals surface area (Å²) >= 11 is 0. The molecule has 0 aliphatic heterocycles. The Morgan fingerprint density at radius 1 is 1.48 bits per heavy atom. The molecule has 21 heavy (non-hydrogen) atoms. The SMILES string of the molecule is CCC(C#N)(CCCOc1ccc(C)c(F)c1)NC1CC1. The first-order valence-electron chi connectivity index (χ1n) is 7.66. The van der Waals surface area contributed by atoms with E-state index >= 15 is 0 Å². The van der Waals surface area contributed by atoms with E-state index in [9.17, 15) is 9.65 Å². The molecule has 1 aromatic rings. The van der Waals surface area contributed by atoms with Gasteiger partial charge in [-0.2, -0.15) is 5.26 Å². The van der Waals surface area contributed by atoms with Crippen molar-refractivity contribution < 1.29 is 9.13 Å². The molecule has 2 rings (SSSR count). The van der Waals surface area contributed by atoms with Crippen LogP contribution in [0.5, 0.6) is 5.75 Å². The molecule has 1 unspecified atom stereocenters. The van der Waals surface area contributed by atoms with Crippen molar-refractivity contribution in [3.8, 4) is 11.8 Å². The molecule has 0 radical (unpaired) electrons. The standard InChI is InChI=1S/C17H23FN2O/c1-3-17(12-19,20-14-6-7-14)9-4-10-21-15-8-5-13(2)16(18)11-15/h5,8,11,14,20H,3-4,6-7,9-10H2,1-2H3. The van der Waals surface area contributed by atoms with E-state index < -0.39 is 5.54 Å². The maximum Gasteiger partial charge on any atom is 0.129 e. The highest BCUT2D eigenvalue weighted by molar-refractivity contribution is 5.27. The summed E-state index contributed by atoms with van der Waals surface area (Å²) in [7, 11) is 0. The zero-order valence-electron chi connectivity index (χ0n) is 12.8. The maximum atomic E-state index is 13.4. The molecule has 1 saturated carbocycles. The van der Waals surface area contributed by atoms with Crippen LogP contribution >= 0.6 is 0 Å². The average Bonchev–Trinajstić information content (AvgIpc) is 3.30. The van der Waals surface area contributed by atoms with Crippen LogP contribution in [-0.2, 0) is 0 Å². The van der Waals surface area contributed by atoms with Crippen molar-refractivity contribution in [2.45, 2.75) is 57.5 Å². The lowest BCUT2D eigenvalue weighted by molar-refractivity contribution is 0.274. The second-order valence-electron chi connectivity index (χ2n) is 5.83. The van der Waals surface area contributed by atoms with E-state index in [0.29, 0.717) is 24.0 Å². The predicted molar refractivity (Wildman–Crippen MR) is 80.7 cm³/mol. The van der Waals surface area contributed by atoms with Crippen molar-refractivity contribution >= 4 is 0 Å². The zero-order chi connectivity index (χ0) is 15.3. The van der Waals surface area contributed by atoms with Crippen molar-refractivity contribution in [1.29, 1.82) is 5.26 Å². The van der Waals surface area contributed by atoms with Gasteiger partial charge in [-0.25, -0.2) is 4.39 Å². The fourth-order valence-electron chi connectivity index (χ4n) is 2.36. The summed E-state index contributed by atoms with van der Waals surface area (Å²) < 4.78 is 19.0. The highest BCUT2D eigenvalue weighted by atomic mass is 19.1. The molecule has 114 valence electrons. The molecule has 0 bridgehead atoms. The molecule has 1 aliphatic rings. The summed E-state index contributed by atoms with van der Waals surface area (Å²) in [5.74, 6) is 0.301. The van der Waals surface area contributed by atoms with Crippen LogP contribution < -0.4 is 10.1 Å². The Balaban J connectivity index is 1.79. The van der Waals surface area contributed by atoms with Crippen molar-refractivity contribution in [1.82, 2.24) is 5.32 Å². The average molecular weight is 290 g/mol. The predicted octanol–water partition coefficient (Wildman–Crippen LogP) is 3.72. The van der Waals surface area contributed by atoms with Gasteiger partial charge in [0.15, 0.2) is 0 Å². The van der Waals surface area contributed by atoms with Gasteiger partial charge in [0, 0.05) is 12.1 Å². The van der Waals surface area contributed by atoms with Crippen molar-refractivity contribution in [3.05, 3.63) is 29.6 Å². The number of halogens is 1. The van der Waals surface area contributed by atoms with Gasteiger partial charge in [-0.15, -0.1) is 0 Å². The molecule has 0 spiro atoms. The monoisotopic (exact) mass is 290 g/mol. The van der Waals surface area contributed by atoms with E-state index in [1.54, 1.807) is 19.1 Å². The number of nitriles is 1. The Bertz CT molecular complexity index is 522. The summed E-state index contributed by atoms with van der Waals surface area (Å²) in [6.45, 7) is 4.26. The number of hydrogen-bond acceptors (Lipinski definition) is 3. The third-order valence-electron chi connectivity index (χ3n) is 4.04. The number of ether oxygens (including phenoxy) is 1. The van der Waals surface area contributed by atoms with Crippen LogP contribution in [0.25, 0.3) is 0 Å². The van der Waals surface area contributed by atoms with Crippen LogP contribution in [0.4, 0.5) is 4.39 Å².